The van der Waals surface area contributed by atoms with Gasteiger partial charge in [0.25, 0.3) is 0 Å². The van der Waals surface area contributed by atoms with Crippen LogP contribution in [0.3, 0.4) is 0 Å². The summed E-state index contributed by atoms with van der Waals surface area (Å²) in [7, 11) is 0. The average molecular weight is 507 g/mol. The second-order valence-electron chi connectivity index (χ2n) is 9.32. The number of ether oxygens (including phenoxy) is 2. The third-order valence-electron chi connectivity index (χ3n) is 5.65. The van der Waals surface area contributed by atoms with E-state index in [-0.39, 0.29) is 63.2 Å². The SMILES string of the molecule is CC(=O)Oc1cc2oc3cc(OC(C)=O)c(C(C)=O)c(CC=C(C)C)c3c(=O)c2c(O)c1CC=C(C)C. The molecule has 8 heteroatoms. The number of allylic oxidation sites excluding steroid dienone is 4. The van der Waals surface area contributed by atoms with Crippen molar-refractivity contribution in [3.8, 4) is 17.2 Å². The number of rotatable bonds is 7. The molecule has 0 aliphatic heterocycles. The Hall–Kier alpha value is -4.20. The summed E-state index contributed by atoms with van der Waals surface area (Å²) in [6.45, 7) is 11.3. The largest absolute Gasteiger partial charge is 0.507 e. The molecule has 0 bridgehead atoms. The van der Waals surface area contributed by atoms with Gasteiger partial charge in [0.05, 0.1) is 10.9 Å². The number of fused-ring (bicyclic) bond motifs is 2. The van der Waals surface area contributed by atoms with E-state index < -0.39 is 23.2 Å². The highest BCUT2D eigenvalue weighted by Crippen LogP contribution is 2.39. The fourth-order valence-electron chi connectivity index (χ4n) is 4.10. The van der Waals surface area contributed by atoms with Crippen molar-refractivity contribution in [3.05, 3.63) is 62.3 Å². The predicted molar refractivity (Wildman–Crippen MR) is 141 cm³/mol. The van der Waals surface area contributed by atoms with Crippen LogP contribution in [0.25, 0.3) is 21.9 Å². The first-order chi connectivity index (χ1) is 17.3. The van der Waals surface area contributed by atoms with Gasteiger partial charge >= 0.3 is 11.9 Å². The predicted octanol–water partition coefficient (Wildman–Crippen LogP) is 5.72. The molecule has 0 amide bonds. The summed E-state index contributed by atoms with van der Waals surface area (Å²) in [5.41, 5.74) is 2.06. The van der Waals surface area contributed by atoms with Crippen molar-refractivity contribution in [2.24, 2.45) is 0 Å². The fraction of sp³-hybridized carbons (Fsp3) is 0.310. The summed E-state index contributed by atoms with van der Waals surface area (Å²) in [5.74, 6) is -1.99. The molecule has 0 saturated carbocycles. The summed E-state index contributed by atoms with van der Waals surface area (Å²) < 4.78 is 16.7. The Morgan fingerprint density at radius 2 is 1.27 bits per heavy atom. The molecule has 0 radical (unpaired) electrons. The lowest BCUT2D eigenvalue weighted by Gasteiger charge is -2.16. The molecule has 0 fully saturated rings. The van der Waals surface area contributed by atoms with E-state index in [1.165, 1.54) is 32.9 Å². The van der Waals surface area contributed by atoms with Crippen molar-refractivity contribution < 1.29 is 33.4 Å². The first-order valence-electron chi connectivity index (χ1n) is 11.8. The fourth-order valence-corrected chi connectivity index (χ4v) is 4.10. The quantitative estimate of drug-likeness (QED) is 0.142. The Morgan fingerprint density at radius 1 is 0.784 bits per heavy atom. The van der Waals surface area contributed by atoms with Crippen LogP contribution in [0.2, 0.25) is 0 Å². The lowest BCUT2D eigenvalue weighted by Crippen LogP contribution is -2.14. The topological polar surface area (TPSA) is 120 Å². The monoisotopic (exact) mass is 506 g/mol. The molecule has 0 atom stereocenters. The number of hydrogen-bond acceptors (Lipinski definition) is 8. The molecule has 2 aromatic carbocycles. The van der Waals surface area contributed by atoms with Gasteiger partial charge in [-0.05, 0) is 53.0 Å². The zero-order valence-corrected chi connectivity index (χ0v) is 22.0. The highest BCUT2D eigenvalue weighted by Gasteiger charge is 2.26. The number of Topliss-reactive ketones (excluding diaryl/α,β-unsaturated/α-hetero) is 1. The van der Waals surface area contributed by atoms with Gasteiger partial charge in [-0.2, -0.15) is 0 Å². The number of benzene rings is 2. The Bertz CT molecular complexity index is 1560. The lowest BCUT2D eigenvalue weighted by atomic mass is 9.93. The van der Waals surface area contributed by atoms with Gasteiger partial charge in [-0.25, -0.2) is 0 Å². The van der Waals surface area contributed by atoms with Crippen LogP contribution in [0.4, 0.5) is 0 Å². The lowest BCUT2D eigenvalue weighted by molar-refractivity contribution is -0.132. The van der Waals surface area contributed by atoms with E-state index in [2.05, 4.69) is 0 Å². The molecule has 0 spiro atoms. The smallest absolute Gasteiger partial charge is 0.308 e. The number of phenolic OH excluding ortho intramolecular Hbond substituents is 1. The number of carbonyl (C=O) groups excluding carboxylic acids is 3. The summed E-state index contributed by atoms with van der Waals surface area (Å²) in [5, 5.41) is 11.2. The average Bonchev–Trinajstić information content (AvgIpc) is 2.75. The van der Waals surface area contributed by atoms with Crippen LogP contribution in [0.5, 0.6) is 17.2 Å². The molecule has 194 valence electrons. The first-order valence-corrected chi connectivity index (χ1v) is 11.8. The van der Waals surface area contributed by atoms with Gasteiger partial charge in [-0.3, -0.25) is 19.2 Å². The van der Waals surface area contributed by atoms with Crippen LogP contribution < -0.4 is 14.9 Å². The Kier molecular flexibility index (Phi) is 8.01. The number of phenols is 1. The number of ketones is 1. The van der Waals surface area contributed by atoms with E-state index >= 15 is 0 Å². The Labute approximate surface area is 214 Å². The maximum atomic E-state index is 13.9. The highest BCUT2D eigenvalue weighted by atomic mass is 16.5. The number of aromatic hydroxyl groups is 1. The van der Waals surface area contributed by atoms with E-state index in [4.69, 9.17) is 13.9 Å². The Morgan fingerprint density at radius 3 is 1.78 bits per heavy atom. The number of carbonyl (C=O) groups is 3. The van der Waals surface area contributed by atoms with Gasteiger partial charge in [-0.1, -0.05) is 23.3 Å². The van der Waals surface area contributed by atoms with E-state index in [0.717, 1.165) is 11.1 Å². The van der Waals surface area contributed by atoms with Gasteiger partial charge in [0.1, 0.15) is 33.8 Å². The van der Waals surface area contributed by atoms with E-state index in [0.29, 0.717) is 5.56 Å². The molecule has 0 aliphatic carbocycles. The van der Waals surface area contributed by atoms with Crippen LogP contribution in [0, 0.1) is 0 Å². The van der Waals surface area contributed by atoms with Crippen molar-refractivity contribution >= 4 is 39.7 Å². The molecular formula is C29H30O8. The third-order valence-corrected chi connectivity index (χ3v) is 5.65. The molecule has 0 saturated heterocycles. The maximum absolute atomic E-state index is 13.9. The van der Waals surface area contributed by atoms with Crippen molar-refractivity contribution in [2.75, 3.05) is 0 Å². The zero-order chi connectivity index (χ0) is 27.6. The van der Waals surface area contributed by atoms with Crippen LogP contribution in [0.15, 0.2) is 44.6 Å². The minimum absolute atomic E-state index is 0.0234. The molecule has 0 unspecified atom stereocenters. The molecule has 8 nitrogen and oxygen atoms in total. The van der Waals surface area contributed by atoms with Crippen LogP contribution in [-0.2, 0) is 22.4 Å². The summed E-state index contributed by atoms with van der Waals surface area (Å²) in [6, 6.07) is 2.70. The van der Waals surface area contributed by atoms with Crippen molar-refractivity contribution in [1.82, 2.24) is 0 Å². The van der Waals surface area contributed by atoms with Crippen molar-refractivity contribution in [1.29, 1.82) is 0 Å². The summed E-state index contributed by atoms with van der Waals surface area (Å²) >= 11 is 0. The minimum atomic E-state index is -0.642. The van der Waals surface area contributed by atoms with Crippen LogP contribution >= 0.6 is 0 Å². The second-order valence-corrected chi connectivity index (χ2v) is 9.32. The summed E-state index contributed by atoms with van der Waals surface area (Å²) in [6.07, 6.45) is 4.07. The van der Waals surface area contributed by atoms with Crippen molar-refractivity contribution in [2.45, 2.75) is 61.3 Å². The summed E-state index contributed by atoms with van der Waals surface area (Å²) in [4.78, 5) is 50.2. The van der Waals surface area contributed by atoms with Crippen molar-refractivity contribution in [3.63, 3.8) is 0 Å². The standard InChI is InChI=1S/C29H30O8/c1-14(2)8-10-19-21(35-17(6)31)12-24-27(28(19)33)29(34)26-20(11-9-15(3)4)25(16(5)30)22(36-18(7)32)13-23(26)37-24/h8-9,12-13,33H,10-11H2,1-7H3. The van der Waals surface area contributed by atoms with Gasteiger partial charge in [0.2, 0.25) is 5.43 Å². The van der Waals surface area contributed by atoms with Gasteiger partial charge < -0.3 is 19.0 Å². The van der Waals surface area contributed by atoms with Crippen LogP contribution in [-0.4, -0.2) is 22.8 Å². The second kappa shape index (κ2) is 10.8. The van der Waals surface area contributed by atoms with Gasteiger partial charge in [-0.15, -0.1) is 0 Å². The van der Waals surface area contributed by atoms with E-state index in [9.17, 15) is 24.3 Å². The Balaban J connectivity index is 2.55. The minimum Gasteiger partial charge on any atom is -0.507 e. The van der Waals surface area contributed by atoms with E-state index in [1.54, 1.807) is 0 Å². The third kappa shape index (κ3) is 5.80. The molecule has 3 aromatic rings. The molecule has 3 rings (SSSR count). The molecule has 1 aromatic heterocycles. The van der Waals surface area contributed by atoms with Gasteiger partial charge in [0, 0.05) is 31.5 Å². The normalized spacial score (nSPS) is 10.8. The molecule has 37 heavy (non-hydrogen) atoms. The van der Waals surface area contributed by atoms with Crippen LogP contribution in [0.1, 0.15) is 70.0 Å². The number of esters is 2. The highest BCUT2D eigenvalue weighted by molar-refractivity contribution is 6.06. The number of hydrogen-bond donors (Lipinski definition) is 1. The maximum Gasteiger partial charge on any atom is 0.308 e. The molecular weight excluding hydrogens is 476 g/mol. The first kappa shape index (κ1) is 27.4. The molecule has 1 heterocycles. The zero-order valence-electron chi connectivity index (χ0n) is 22.0. The van der Waals surface area contributed by atoms with E-state index in [1.807, 2.05) is 39.8 Å². The molecule has 1 N–H and O–H groups in total. The van der Waals surface area contributed by atoms with Gasteiger partial charge in [0.15, 0.2) is 5.78 Å². The molecule has 0 aliphatic rings.